The number of fused-ring (bicyclic) bond motifs is 1. The van der Waals surface area contributed by atoms with Gasteiger partial charge in [0.25, 0.3) is 5.92 Å². The third kappa shape index (κ3) is 3.56. The molecule has 9 heteroatoms. The molecular weight excluding hydrogens is 359 g/mol. The van der Waals surface area contributed by atoms with Crippen molar-refractivity contribution in [2.75, 3.05) is 7.11 Å². The molecule has 0 aliphatic carbocycles. The maximum absolute atomic E-state index is 13.7. The van der Waals surface area contributed by atoms with E-state index < -0.39 is 18.0 Å². The Bertz CT molecular complexity index is 944. The van der Waals surface area contributed by atoms with Crippen LogP contribution in [0, 0.1) is 0 Å². The van der Waals surface area contributed by atoms with E-state index in [2.05, 4.69) is 9.84 Å². The van der Waals surface area contributed by atoms with Crippen LogP contribution in [0.1, 0.15) is 12.5 Å². The van der Waals surface area contributed by atoms with Gasteiger partial charge in [0, 0.05) is 24.8 Å². The van der Waals surface area contributed by atoms with E-state index in [1.54, 1.807) is 6.07 Å². The van der Waals surface area contributed by atoms with Crippen LogP contribution >= 0.6 is 0 Å². The molecule has 0 fully saturated rings. The van der Waals surface area contributed by atoms with Crippen LogP contribution in [0.2, 0.25) is 0 Å². The number of alkyl halides is 5. The van der Waals surface area contributed by atoms with Gasteiger partial charge in [-0.1, -0.05) is 0 Å². The van der Waals surface area contributed by atoms with E-state index in [0.717, 1.165) is 25.3 Å². The van der Waals surface area contributed by atoms with Crippen molar-refractivity contribution in [3.8, 4) is 22.6 Å². The summed E-state index contributed by atoms with van der Waals surface area (Å²) in [6.45, 7) is 0.764. The summed E-state index contributed by atoms with van der Waals surface area (Å²) in [5.41, 5.74) is 0.845. The first-order chi connectivity index (χ1) is 12.1. The monoisotopic (exact) mass is 372 g/mol. The molecule has 2 aromatic heterocycles. The van der Waals surface area contributed by atoms with Crippen molar-refractivity contribution < 1.29 is 31.4 Å². The standard InChI is InChI=1S/C17H13F5N2O2/c1-16(18,19)13-9-23-24-6-5-10(7-14(13)24)12-4-3-11(8-15(12)25-2)26-17(20,21)22/h3-9H,1-2H3. The molecule has 0 saturated heterocycles. The molecule has 0 amide bonds. The Labute approximate surface area is 144 Å². The van der Waals surface area contributed by atoms with Gasteiger partial charge in [0.05, 0.1) is 24.4 Å². The molecule has 0 N–H and O–H groups in total. The maximum atomic E-state index is 13.7. The normalized spacial score (nSPS) is 12.4. The van der Waals surface area contributed by atoms with Gasteiger partial charge in [-0.2, -0.15) is 5.10 Å². The Morgan fingerprint density at radius 2 is 1.77 bits per heavy atom. The molecule has 0 saturated carbocycles. The second kappa shape index (κ2) is 6.15. The van der Waals surface area contributed by atoms with Gasteiger partial charge < -0.3 is 9.47 Å². The highest BCUT2D eigenvalue weighted by Gasteiger charge is 2.31. The molecule has 26 heavy (non-hydrogen) atoms. The van der Waals surface area contributed by atoms with Gasteiger partial charge >= 0.3 is 6.36 Å². The van der Waals surface area contributed by atoms with Crippen molar-refractivity contribution in [1.82, 2.24) is 9.61 Å². The number of ether oxygens (including phenoxy) is 2. The number of methoxy groups -OCH3 is 1. The van der Waals surface area contributed by atoms with E-state index >= 15 is 0 Å². The number of hydrogen-bond donors (Lipinski definition) is 0. The third-order valence-electron chi connectivity index (χ3n) is 3.71. The molecule has 1 aromatic carbocycles. The van der Waals surface area contributed by atoms with E-state index in [-0.39, 0.29) is 16.8 Å². The van der Waals surface area contributed by atoms with E-state index in [0.29, 0.717) is 11.1 Å². The van der Waals surface area contributed by atoms with Crippen LogP contribution in [-0.2, 0) is 5.92 Å². The Hall–Kier alpha value is -2.84. The van der Waals surface area contributed by atoms with Crippen molar-refractivity contribution in [2.24, 2.45) is 0 Å². The summed E-state index contributed by atoms with van der Waals surface area (Å²) in [5.74, 6) is -3.42. The minimum Gasteiger partial charge on any atom is -0.496 e. The summed E-state index contributed by atoms with van der Waals surface area (Å²) in [6.07, 6.45) is -2.26. The Morgan fingerprint density at radius 1 is 1.04 bits per heavy atom. The van der Waals surface area contributed by atoms with E-state index in [1.165, 1.54) is 30.0 Å². The van der Waals surface area contributed by atoms with Gasteiger partial charge in [0.1, 0.15) is 11.5 Å². The van der Waals surface area contributed by atoms with Gasteiger partial charge in [-0.3, -0.25) is 0 Å². The lowest BCUT2D eigenvalue weighted by Crippen LogP contribution is -2.17. The van der Waals surface area contributed by atoms with E-state index in [1.807, 2.05) is 0 Å². The number of halogens is 5. The fraction of sp³-hybridized carbons (Fsp3) is 0.235. The molecular formula is C17H13F5N2O2. The van der Waals surface area contributed by atoms with Crippen LogP contribution in [0.5, 0.6) is 11.5 Å². The van der Waals surface area contributed by atoms with Crippen LogP contribution in [-0.4, -0.2) is 23.1 Å². The summed E-state index contributed by atoms with van der Waals surface area (Å²) in [7, 11) is 1.29. The highest BCUT2D eigenvalue weighted by Crippen LogP contribution is 2.37. The fourth-order valence-electron chi connectivity index (χ4n) is 2.59. The molecule has 0 bridgehead atoms. The zero-order chi connectivity index (χ0) is 19.1. The SMILES string of the molecule is COc1cc(OC(F)(F)F)ccc1-c1ccn2ncc(C(C)(F)F)c2c1. The van der Waals surface area contributed by atoms with Gasteiger partial charge in [0.2, 0.25) is 0 Å². The highest BCUT2D eigenvalue weighted by molar-refractivity contribution is 5.76. The second-order valence-electron chi connectivity index (χ2n) is 5.60. The van der Waals surface area contributed by atoms with E-state index in [4.69, 9.17) is 4.74 Å². The number of pyridine rings is 1. The molecule has 2 heterocycles. The van der Waals surface area contributed by atoms with Crippen LogP contribution < -0.4 is 9.47 Å². The average Bonchev–Trinajstić information content (AvgIpc) is 2.96. The Kier molecular flexibility index (Phi) is 4.25. The number of hydrogen-bond acceptors (Lipinski definition) is 3. The average molecular weight is 372 g/mol. The zero-order valence-corrected chi connectivity index (χ0v) is 13.6. The smallest absolute Gasteiger partial charge is 0.496 e. The summed E-state index contributed by atoms with van der Waals surface area (Å²) in [5, 5.41) is 3.88. The lowest BCUT2D eigenvalue weighted by Gasteiger charge is -2.14. The molecule has 3 aromatic rings. The molecule has 0 aliphatic rings. The first-order valence-corrected chi connectivity index (χ1v) is 7.38. The van der Waals surface area contributed by atoms with Crippen molar-refractivity contribution >= 4 is 5.52 Å². The van der Waals surface area contributed by atoms with Gasteiger partial charge in [-0.05, 0) is 29.8 Å². The lowest BCUT2D eigenvalue weighted by molar-refractivity contribution is -0.274. The van der Waals surface area contributed by atoms with Crippen molar-refractivity contribution in [1.29, 1.82) is 0 Å². The van der Waals surface area contributed by atoms with Gasteiger partial charge in [-0.15, -0.1) is 13.2 Å². The molecule has 3 rings (SSSR count). The van der Waals surface area contributed by atoms with Gasteiger partial charge in [0.15, 0.2) is 0 Å². The summed E-state index contributed by atoms with van der Waals surface area (Å²) < 4.78 is 74.8. The Morgan fingerprint density at radius 3 is 2.38 bits per heavy atom. The number of aromatic nitrogens is 2. The zero-order valence-electron chi connectivity index (χ0n) is 13.6. The predicted octanol–water partition coefficient (Wildman–Crippen LogP) is 5.02. The molecule has 4 nitrogen and oxygen atoms in total. The maximum Gasteiger partial charge on any atom is 0.573 e. The first-order valence-electron chi connectivity index (χ1n) is 7.38. The lowest BCUT2D eigenvalue weighted by atomic mass is 10.0. The molecule has 0 radical (unpaired) electrons. The summed E-state index contributed by atoms with van der Waals surface area (Å²) >= 11 is 0. The van der Waals surface area contributed by atoms with Crippen molar-refractivity contribution in [3.63, 3.8) is 0 Å². The minimum atomic E-state index is -4.83. The molecule has 0 aliphatic heterocycles. The quantitative estimate of drug-likeness (QED) is 0.604. The highest BCUT2D eigenvalue weighted by atomic mass is 19.4. The predicted molar refractivity (Wildman–Crippen MR) is 83.4 cm³/mol. The molecule has 0 spiro atoms. The largest absolute Gasteiger partial charge is 0.573 e. The summed E-state index contributed by atoms with van der Waals surface area (Å²) in [6, 6.07) is 6.65. The van der Waals surface area contributed by atoms with Crippen molar-refractivity contribution in [2.45, 2.75) is 19.2 Å². The van der Waals surface area contributed by atoms with E-state index in [9.17, 15) is 22.0 Å². The number of nitrogens with zero attached hydrogens (tertiary/aromatic N) is 2. The molecule has 138 valence electrons. The summed E-state index contributed by atoms with van der Waals surface area (Å²) in [4.78, 5) is 0. The van der Waals surface area contributed by atoms with Crippen LogP contribution in [0.15, 0.2) is 42.7 Å². The number of benzene rings is 1. The second-order valence-corrected chi connectivity index (χ2v) is 5.60. The number of rotatable bonds is 4. The Balaban J connectivity index is 2.08. The van der Waals surface area contributed by atoms with Crippen molar-refractivity contribution in [3.05, 3.63) is 48.3 Å². The minimum absolute atomic E-state index is 0.112. The van der Waals surface area contributed by atoms with Crippen LogP contribution in [0.25, 0.3) is 16.6 Å². The first kappa shape index (κ1) is 18.0. The third-order valence-corrected chi connectivity index (χ3v) is 3.71. The topological polar surface area (TPSA) is 35.8 Å². The molecule has 0 atom stereocenters. The molecule has 0 unspecified atom stereocenters. The fourth-order valence-corrected chi connectivity index (χ4v) is 2.59. The van der Waals surface area contributed by atoms with Gasteiger partial charge in [-0.25, -0.2) is 13.3 Å². The van der Waals surface area contributed by atoms with Crippen LogP contribution in [0.4, 0.5) is 22.0 Å². The van der Waals surface area contributed by atoms with Crippen LogP contribution in [0.3, 0.4) is 0 Å².